The van der Waals surface area contributed by atoms with E-state index in [1.807, 2.05) is 19.1 Å². The van der Waals surface area contributed by atoms with Gasteiger partial charge in [-0.05, 0) is 36.0 Å². The molecule has 5 heteroatoms. The van der Waals surface area contributed by atoms with Gasteiger partial charge in [0, 0.05) is 11.4 Å². The Morgan fingerprint density at radius 1 is 1.24 bits per heavy atom. The summed E-state index contributed by atoms with van der Waals surface area (Å²) in [6, 6.07) is 6.31. The summed E-state index contributed by atoms with van der Waals surface area (Å²) in [5.41, 5.74) is -3.32. The third-order valence-corrected chi connectivity index (χ3v) is 2.68. The van der Waals surface area contributed by atoms with Gasteiger partial charge in [0.15, 0.2) is 0 Å². The summed E-state index contributed by atoms with van der Waals surface area (Å²) in [4.78, 5) is 0.210. The average molecular weight is 261 g/mol. The van der Waals surface area contributed by atoms with Gasteiger partial charge in [-0.1, -0.05) is 31.2 Å². The number of thioether (sulfide) groups is 1. The molecule has 0 saturated heterocycles. The molecule has 1 N–H and O–H groups in total. The van der Waals surface area contributed by atoms with E-state index in [1.54, 1.807) is 12.1 Å². The van der Waals surface area contributed by atoms with Crippen molar-refractivity contribution in [3.63, 3.8) is 0 Å². The highest BCUT2D eigenvalue weighted by atomic mass is 32.2. The highest BCUT2D eigenvalue weighted by molar-refractivity contribution is 8.00. The zero-order chi connectivity index (χ0) is 12.7. The molecule has 1 aromatic rings. The number of hydrogen-bond acceptors (Lipinski definition) is 2. The van der Waals surface area contributed by atoms with E-state index in [0.29, 0.717) is 0 Å². The maximum Gasteiger partial charge on any atom is 0.446 e. The SMILES string of the molecule is CCNCC=Cc1ccc(SC(F)(F)F)cc1. The minimum Gasteiger partial charge on any atom is -0.314 e. The van der Waals surface area contributed by atoms with Crippen molar-refractivity contribution in [1.82, 2.24) is 5.32 Å². The van der Waals surface area contributed by atoms with Gasteiger partial charge in [0.1, 0.15) is 0 Å². The molecule has 1 aromatic carbocycles. The van der Waals surface area contributed by atoms with Gasteiger partial charge in [-0.3, -0.25) is 0 Å². The third kappa shape index (κ3) is 6.38. The second kappa shape index (κ2) is 6.71. The molecular formula is C12H14F3NS. The van der Waals surface area contributed by atoms with Crippen molar-refractivity contribution in [1.29, 1.82) is 0 Å². The van der Waals surface area contributed by atoms with Crippen molar-refractivity contribution in [3.8, 4) is 0 Å². The summed E-state index contributed by atoms with van der Waals surface area (Å²) in [5.74, 6) is 0. The number of rotatable bonds is 5. The van der Waals surface area contributed by atoms with Crippen molar-refractivity contribution in [2.75, 3.05) is 13.1 Å². The predicted octanol–water partition coefficient (Wildman–Crippen LogP) is 3.92. The normalized spacial score (nSPS) is 12.2. The fourth-order valence-corrected chi connectivity index (χ4v) is 1.74. The van der Waals surface area contributed by atoms with Crippen LogP contribution in [0.3, 0.4) is 0 Å². The fourth-order valence-electron chi connectivity index (χ4n) is 1.20. The molecule has 0 atom stereocenters. The van der Waals surface area contributed by atoms with Crippen LogP contribution in [0.1, 0.15) is 12.5 Å². The van der Waals surface area contributed by atoms with E-state index in [9.17, 15) is 13.2 Å². The summed E-state index contributed by atoms with van der Waals surface area (Å²) >= 11 is -0.0950. The Hall–Kier alpha value is -0.940. The minimum atomic E-state index is -4.22. The molecule has 1 nitrogen and oxygen atoms in total. The van der Waals surface area contributed by atoms with Crippen LogP contribution in [0.4, 0.5) is 13.2 Å². The number of hydrogen-bond donors (Lipinski definition) is 1. The van der Waals surface area contributed by atoms with E-state index in [0.717, 1.165) is 18.7 Å². The second-order valence-corrected chi connectivity index (χ2v) is 4.47. The summed E-state index contributed by atoms with van der Waals surface area (Å²) in [5, 5.41) is 3.12. The molecule has 0 aliphatic rings. The van der Waals surface area contributed by atoms with Crippen LogP contribution in [-0.2, 0) is 0 Å². The lowest BCUT2D eigenvalue weighted by Crippen LogP contribution is -2.11. The molecular weight excluding hydrogens is 247 g/mol. The highest BCUT2D eigenvalue weighted by Gasteiger charge is 2.28. The van der Waals surface area contributed by atoms with E-state index < -0.39 is 5.51 Å². The molecule has 0 unspecified atom stereocenters. The molecule has 0 spiro atoms. The maximum absolute atomic E-state index is 12.1. The summed E-state index contributed by atoms with van der Waals surface area (Å²) in [6.07, 6.45) is 3.82. The molecule has 1 rings (SSSR count). The van der Waals surface area contributed by atoms with E-state index in [4.69, 9.17) is 0 Å². The Bertz CT molecular complexity index is 357. The molecule has 0 amide bonds. The zero-order valence-corrected chi connectivity index (χ0v) is 10.2. The first-order valence-electron chi connectivity index (χ1n) is 5.24. The molecule has 0 bridgehead atoms. The van der Waals surface area contributed by atoms with Gasteiger partial charge in [0.2, 0.25) is 0 Å². The van der Waals surface area contributed by atoms with Gasteiger partial charge < -0.3 is 5.32 Å². The monoisotopic (exact) mass is 261 g/mol. The van der Waals surface area contributed by atoms with E-state index in [1.165, 1.54) is 12.1 Å². The standard InChI is InChI=1S/C12H14F3NS/c1-2-16-9-3-4-10-5-7-11(8-6-10)17-12(13,14)15/h3-8,16H,2,9H2,1H3. The first-order valence-corrected chi connectivity index (χ1v) is 6.06. The van der Waals surface area contributed by atoms with Crippen LogP contribution in [0.5, 0.6) is 0 Å². The molecule has 0 radical (unpaired) electrons. The number of alkyl halides is 3. The van der Waals surface area contributed by atoms with Crippen LogP contribution < -0.4 is 5.32 Å². The van der Waals surface area contributed by atoms with Gasteiger partial charge in [-0.15, -0.1) is 0 Å². The molecule has 0 heterocycles. The lowest BCUT2D eigenvalue weighted by molar-refractivity contribution is -0.0328. The quantitative estimate of drug-likeness (QED) is 0.637. The first-order chi connectivity index (χ1) is 8.01. The van der Waals surface area contributed by atoms with Gasteiger partial charge in [0.05, 0.1) is 0 Å². The van der Waals surface area contributed by atoms with Crippen LogP contribution in [0, 0.1) is 0 Å². The second-order valence-electron chi connectivity index (χ2n) is 3.33. The maximum atomic E-state index is 12.1. The number of likely N-dealkylation sites (N-methyl/N-ethyl adjacent to an activating group) is 1. The zero-order valence-electron chi connectivity index (χ0n) is 9.42. The van der Waals surface area contributed by atoms with E-state index in [2.05, 4.69) is 5.32 Å². The van der Waals surface area contributed by atoms with Gasteiger partial charge in [-0.25, -0.2) is 0 Å². The average Bonchev–Trinajstić information content (AvgIpc) is 2.25. The Kier molecular flexibility index (Phi) is 5.58. The van der Waals surface area contributed by atoms with Gasteiger partial charge in [-0.2, -0.15) is 13.2 Å². The van der Waals surface area contributed by atoms with Crippen molar-refractivity contribution in [2.24, 2.45) is 0 Å². The van der Waals surface area contributed by atoms with Crippen molar-refractivity contribution >= 4 is 17.8 Å². The first kappa shape index (κ1) is 14.1. The Morgan fingerprint density at radius 2 is 1.88 bits per heavy atom. The van der Waals surface area contributed by atoms with Crippen molar-refractivity contribution in [3.05, 3.63) is 35.9 Å². The Morgan fingerprint density at radius 3 is 2.41 bits per heavy atom. The molecule has 94 valence electrons. The molecule has 0 saturated carbocycles. The van der Waals surface area contributed by atoms with Crippen LogP contribution in [0.2, 0.25) is 0 Å². The van der Waals surface area contributed by atoms with Gasteiger partial charge >= 0.3 is 5.51 Å². The van der Waals surface area contributed by atoms with Crippen molar-refractivity contribution < 1.29 is 13.2 Å². The number of benzene rings is 1. The third-order valence-electron chi connectivity index (χ3n) is 1.94. The van der Waals surface area contributed by atoms with E-state index in [-0.39, 0.29) is 16.7 Å². The van der Waals surface area contributed by atoms with E-state index >= 15 is 0 Å². The molecule has 17 heavy (non-hydrogen) atoms. The smallest absolute Gasteiger partial charge is 0.314 e. The molecule has 0 aromatic heterocycles. The van der Waals surface area contributed by atoms with Crippen LogP contribution >= 0.6 is 11.8 Å². The topological polar surface area (TPSA) is 12.0 Å². The van der Waals surface area contributed by atoms with Crippen molar-refractivity contribution in [2.45, 2.75) is 17.3 Å². The number of nitrogens with one attached hydrogen (secondary N) is 1. The van der Waals surface area contributed by atoms with Crippen LogP contribution in [0.15, 0.2) is 35.2 Å². The summed E-state index contributed by atoms with van der Waals surface area (Å²) in [6.45, 7) is 3.66. The van der Waals surface area contributed by atoms with Gasteiger partial charge in [0.25, 0.3) is 0 Å². The largest absolute Gasteiger partial charge is 0.446 e. The van der Waals surface area contributed by atoms with Crippen LogP contribution in [0.25, 0.3) is 6.08 Å². The Labute approximate surface area is 103 Å². The number of halogens is 3. The molecule has 0 aliphatic carbocycles. The Balaban J connectivity index is 2.53. The molecule has 0 fully saturated rings. The summed E-state index contributed by atoms with van der Waals surface area (Å²) in [7, 11) is 0. The minimum absolute atomic E-state index is 0.0950. The molecule has 0 aliphatic heterocycles. The predicted molar refractivity (Wildman–Crippen MR) is 65.9 cm³/mol. The lowest BCUT2D eigenvalue weighted by Gasteiger charge is -2.05. The highest BCUT2D eigenvalue weighted by Crippen LogP contribution is 2.36. The summed E-state index contributed by atoms with van der Waals surface area (Å²) < 4.78 is 36.2. The van der Waals surface area contributed by atoms with Crippen LogP contribution in [-0.4, -0.2) is 18.6 Å². The fraction of sp³-hybridized carbons (Fsp3) is 0.333. The lowest BCUT2D eigenvalue weighted by atomic mass is 10.2.